The van der Waals surface area contributed by atoms with E-state index in [9.17, 15) is 4.79 Å². The van der Waals surface area contributed by atoms with Crippen molar-refractivity contribution >= 4 is 22.3 Å². The summed E-state index contributed by atoms with van der Waals surface area (Å²) < 4.78 is 16.4. The highest BCUT2D eigenvalue weighted by Gasteiger charge is 2.18. The van der Waals surface area contributed by atoms with Gasteiger partial charge in [0.25, 0.3) is 5.56 Å². The Morgan fingerprint density at radius 3 is 2.47 bits per heavy atom. The maximum absolute atomic E-state index is 12.7. The number of hydrogen-bond donors (Lipinski definition) is 2. The molecule has 2 aromatic carbocycles. The minimum absolute atomic E-state index is 0.154. The van der Waals surface area contributed by atoms with Crippen LogP contribution in [-0.4, -0.2) is 39.4 Å². The molecule has 1 aliphatic rings. The molecule has 0 aliphatic carbocycles. The number of hydrogen-bond acceptors (Lipinski definition) is 6. The number of rotatable bonds is 7. The van der Waals surface area contributed by atoms with Gasteiger partial charge in [0.2, 0.25) is 5.75 Å². The first-order valence-corrected chi connectivity index (χ1v) is 11.0. The van der Waals surface area contributed by atoms with Crippen molar-refractivity contribution in [3.8, 4) is 17.2 Å². The van der Waals surface area contributed by atoms with Crippen LogP contribution in [0.1, 0.15) is 25.3 Å². The Morgan fingerprint density at radius 1 is 1.06 bits per heavy atom. The zero-order valence-corrected chi connectivity index (χ0v) is 19.2. The Hall–Kier alpha value is -3.35. The van der Waals surface area contributed by atoms with Crippen LogP contribution in [0.5, 0.6) is 17.2 Å². The third-order valence-corrected chi connectivity index (χ3v) is 6.10. The highest BCUT2D eigenvalue weighted by molar-refractivity contribution is 5.90. The second-order valence-electron chi connectivity index (χ2n) is 8.32. The van der Waals surface area contributed by atoms with Gasteiger partial charge < -0.3 is 29.4 Å². The molecule has 2 N–H and O–H groups in total. The van der Waals surface area contributed by atoms with Gasteiger partial charge in [0, 0.05) is 48.0 Å². The van der Waals surface area contributed by atoms with E-state index in [4.69, 9.17) is 14.2 Å². The molecule has 0 bridgehead atoms. The second-order valence-corrected chi connectivity index (χ2v) is 8.32. The van der Waals surface area contributed by atoms with Gasteiger partial charge >= 0.3 is 0 Å². The molecular weight excluding hydrogens is 406 g/mol. The average Bonchev–Trinajstić information content (AvgIpc) is 2.81. The van der Waals surface area contributed by atoms with Crippen molar-refractivity contribution in [1.29, 1.82) is 0 Å². The van der Waals surface area contributed by atoms with Crippen molar-refractivity contribution in [3.63, 3.8) is 0 Å². The summed E-state index contributed by atoms with van der Waals surface area (Å²) in [6.45, 7) is 4.92. The molecule has 1 aliphatic heterocycles. The molecule has 0 spiro atoms. The number of fused-ring (bicyclic) bond motifs is 1. The van der Waals surface area contributed by atoms with Crippen LogP contribution < -0.4 is 30.0 Å². The summed E-state index contributed by atoms with van der Waals surface area (Å²) in [5, 5.41) is 4.12. The molecular formula is C25H31N3O4. The molecule has 1 saturated heterocycles. The van der Waals surface area contributed by atoms with Crippen LogP contribution in [0.3, 0.4) is 0 Å². The van der Waals surface area contributed by atoms with E-state index in [1.54, 1.807) is 27.4 Å². The fourth-order valence-electron chi connectivity index (χ4n) is 4.41. The number of pyridine rings is 1. The molecule has 0 radical (unpaired) electrons. The van der Waals surface area contributed by atoms with Crippen molar-refractivity contribution in [3.05, 3.63) is 52.3 Å². The topological polar surface area (TPSA) is 75.8 Å². The van der Waals surface area contributed by atoms with E-state index >= 15 is 0 Å². The van der Waals surface area contributed by atoms with E-state index in [-0.39, 0.29) is 5.56 Å². The fourth-order valence-corrected chi connectivity index (χ4v) is 4.41. The van der Waals surface area contributed by atoms with Gasteiger partial charge in [0.05, 0.1) is 26.8 Å². The van der Waals surface area contributed by atoms with E-state index in [2.05, 4.69) is 46.4 Å². The zero-order chi connectivity index (χ0) is 22.7. The fraction of sp³-hybridized carbons (Fsp3) is 0.400. The van der Waals surface area contributed by atoms with E-state index < -0.39 is 0 Å². The number of nitrogens with one attached hydrogen (secondary N) is 2. The predicted molar refractivity (Wildman–Crippen MR) is 129 cm³/mol. The van der Waals surface area contributed by atoms with Gasteiger partial charge in [-0.3, -0.25) is 4.79 Å². The third-order valence-electron chi connectivity index (χ3n) is 6.10. The van der Waals surface area contributed by atoms with E-state index in [1.807, 2.05) is 6.07 Å². The highest BCUT2D eigenvalue weighted by Crippen LogP contribution is 2.42. The average molecular weight is 438 g/mol. The lowest BCUT2D eigenvalue weighted by Crippen LogP contribution is -2.34. The maximum atomic E-state index is 12.7. The minimum Gasteiger partial charge on any atom is -0.493 e. The molecule has 2 heterocycles. The van der Waals surface area contributed by atoms with Crippen LogP contribution in [0.4, 0.5) is 11.4 Å². The molecule has 4 rings (SSSR count). The number of piperidine rings is 1. The number of nitrogens with zero attached hydrogens (tertiary/aromatic N) is 1. The molecule has 32 heavy (non-hydrogen) atoms. The molecule has 3 aromatic rings. The SMILES string of the molecule is COc1cc2[nH]c(=O)c(CNc3ccc(N4CCCC(C)C4)cc3)cc2c(OC)c1OC. The first-order valence-electron chi connectivity index (χ1n) is 11.0. The Balaban J connectivity index is 1.55. The summed E-state index contributed by atoms with van der Waals surface area (Å²) in [4.78, 5) is 18.1. The van der Waals surface area contributed by atoms with E-state index in [0.29, 0.717) is 34.9 Å². The summed E-state index contributed by atoms with van der Waals surface area (Å²) in [5.74, 6) is 2.26. The first-order chi connectivity index (χ1) is 15.5. The minimum atomic E-state index is -0.154. The van der Waals surface area contributed by atoms with Gasteiger partial charge in [-0.2, -0.15) is 0 Å². The van der Waals surface area contributed by atoms with Gasteiger partial charge in [0.1, 0.15) is 0 Å². The lowest BCUT2D eigenvalue weighted by atomic mass is 10.00. The normalized spacial score (nSPS) is 16.1. The molecule has 1 aromatic heterocycles. The molecule has 1 fully saturated rings. The van der Waals surface area contributed by atoms with Crippen LogP contribution >= 0.6 is 0 Å². The summed E-state index contributed by atoms with van der Waals surface area (Å²) >= 11 is 0. The van der Waals surface area contributed by atoms with Gasteiger partial charge in [0.15, 0.2) is 11.5 Å². The summed E-state index contributed by atoms with van der Waals surface area (Å²) in [5.41, 5.74) is 3.30. The Morgan fingerprint density at radius 2 is 1.81 bits per heavy atom. The van der Waals surface area contributed by atoms with E-state index in [0.717, 1.165) is 30.1 Å². The molecule has 1 unspecified atom stereocenters. The van der Waals surface area contributed by atoms with Gasteiger partial charge in [-0.15, -0.1) is 0 Å². The van der Waals surface area contributed by atoms with E-state index in [1.165, 1.54) is 18.5 Å². The molecule has 0 amide bonds. The van der Waals surface area contributed by atoms with Crippen LogP contribution in [-0.2, 0) is 6.54 Å². The van der Waals surface area contributed by atoms with Crippen molar-refractivity contribution in [2.24, 2.45) is 5.92 Å². The quantitative estimate of drug-likeness (QED) is 0.571. The molecule has 7 heteroatoms. The zero-order valence-electron chi connectivity index (χ0n) is 19.2. The standard InChI is InChI=1S/C25H31N3O4/c1-16-6-5-11-28(15-16)19-9-7-18(8-10-19)26-14-17-12-20-21(27-25(17)29)13-22(30-2)24(32-4)23(20)31-3/h7-10,12-13,16,26H,5-6,11,14-15H2,1-4H3,(H,27,29). The van der Waals surface area contributed by atoms with Gasteiger partial charge in [-0.05, 0) is 49.1 Å². The van der Waals surface area contributed by atoms with Crippen LogP contribution in [0.2, 0.25) is 0 Å². The Kier molecular flexibility index (Phi) is 6.44. The van der Waals surface area contributed by atoms with Gasteiger partial charge in [-0.1, -0.05) is 6.92 Å². The first kappa shape index (κ1) is 21.9. The molecule has 170 valence electrons. The largest absolute Gasteiger partial charge is 0.493 e. The third kappa shape index (κ3) is 4.33. The number of anilines is 2. The number of ether oxygens (including phenoxy) is 3. The van der Waals surface area contributed by atoms with Crippen LogP contribution in [0.25, 0.3) is 10.9 Å². The lowest BCUT2D eigenvalue weighted by molar-refractivity contribution is 0.327. The Labute approximate surface area is 188 Å². The number of H-pyrrole nitrogens is 1. The smallest absolute Gasteiger partial charge is 0.253 e. The number of aromatic nitrogens is 1. The van der Waals surface area contributed by atoms with Gasteiger partial charge in [-0.25, -0.2) is 0 Å². The van der Waals surface area contributed by atoms with Crippen molar-refractivity contribution in [1.82, 2.24) is 4.98 Å². The Bertz CT molecular complexity index is 1140. The monoisotopic (exact) mass is 437 g/mol. The van der Waals surface area contributed by atoms with Crippen molar-refractivity contribution in [2.45, 2.75) is 26.3 Å². The summed E-state index contributed by atoms with van der Waals surface area (Å²) in [6, 6.07) is 12.0. The van der Waals surface area contributed by atoms with Crippen molar-refractivity contribution < 1.29 is 14.2 Å². The highest BCUT2D eigenvalue weighted by atomic mass is 16.5. The molecule has 0 saturated carbocycles. The molecule has 1 atom stereocenters. The number of benzene rings is 2. The number of methoxy groups -OCH3 is 3. The predicted octanol–water partition coefficient (Wildman–Crippen LogP) is 4.40. The summed E-state index contributed by atoms with van der Waals surface area (Å²) in [6.07, 6.45) is 2.55. The maximum Gasteiger partial charge on any atom is 0.253 e. The van der Waals surface area contributed by atoms with Crippen LogP contribution in [0.15, 0.2) is 41.2 Å². The van der Waals surface area contributed by atoms with Crippen molar-refractivity contribution in [2.75, 3.05) is 44.6 Å². The van der Waals surface area contributed by atoms with Crippen LogP contribution in [0, 0.1) is 5.92 Å². The molecule has 7 nitrogen and oxygen atoms in total. The second kappa shape index (κ2) is 9.42. The number of aromatic amines is 1. The summed E-state index contributed by atoms with van der Waals surface area (Å²) in [7, 11) is 4.69. The lowest BCUT2D eigenvalue weighted by Gasteiger charge is -2.32.